The van der Waals surface area contributed by atoms with Gasteiger partial charge < -0.3 is 19.9 Å². The van der Waals surface area contributed by atoms with Gasteiger partial charge in [-0.2, -0.15) is 4.98 Å². The van der Waals surface area contributed by atoms with Gasteiger partial charge in [0.1, 0.15) is 5.82 Å². The molecule has 0 radical (unpaired) electrons. The molecule has 0 unspecified atom stereocenters. The van der Waals surface area contributed by atoms with Gasteiger partial charge in [-0.15, -0.1) is 0 Å². The van der Waals surface area contributed by atoms with Crippen LogP contribution in [-0.2, 0) is 4.74 Å². The molecule has 0 bridgehead atoms. The predicted octanol–water partition coefficient (Wildman–Crippen LogP) is 3.12. The summed E-state index contributed by atoms with van der Waals surface area (Å²) in [6.07, 6.45) is 1.51. The zero-order chi connectivity index (χ0) is 18.5. The lowest BCUT2D eigenvalue weighted by Crippen LogP contribution is -2.49. The van der Waals surface area contributed by atoms with Crippen LogP contribution in [0.4, 0.5) is 22.2 Å². The number of amides is 1. The normalized spacial score (nSPS) is 14.3. The standard InChI is InChI=1S/C19H25N5O2/c1-4-26-19(25)24-11-9-23(10-12-24)17-7-8-20-18(22-17)21-16-13-14(2)5-6-15(16)3/h5-8,13H,4,9-12H2,1-3H3,(H,20,21,22). The zero-order valence-electron chi connectivity index (χ0n) is 15.5. The fourth-order valence-corrected chi connectivity index (χ4v) is 2.91. The average molecular weight is 355 g/mol. The van der Waals surface area contributed by atoms with Gasteiger partial charge in [0.15, 0.2) is 0 Å². The summed E-state index contributed by atoms with van der Waals surface area (Å²) in [5, 5.41) is 3.30. The Bertz CT molecular complexity index is 772. The van der Waals surface area contributed by atoms with Crippen LogP contribution in [0.3, 0.4) is 0 Å². The van der Waals surface area contributed by atoms with Crippen LogP contribution in [0.2, 0.25) is 0 Å². The highest BCUT2D eigenvalue weighted by Crippen LogP contribution is 2.21. The number of anilines is 3. The van der Waals surface area contributed by atoms with E-state index < -0.39 is 0 Å². The van der Waals surface area contributed by atoms with Crippen molar-refractivity contribution in [1.82, 2.24) is 14.9 Å². The van der Waals surface area contributed by atoms with Crippen molar-refractivity contribution in [1.29, 1.82) is 0 Å². The van der Waals surface area contributed by atoms with Crippen LogP contribution < -0.4 is 10.2 Å². The van der Waals surface area contributed by atoms with Gasteiger partial charge >= 0.3 is 6.09 Å². The van der Waals surface area contributed by atoms with Gasteiger partial charge in [0.25, 0.3) is 0 Å². The maximum Gasteiger partial charge on any atom is 0.409 e. The molecular formula is C19H25N5O2. The highest BCUT2D eigenvalue weighted by atomic mass is 16.6. The van der Waals surface area contributed by atoms with Gasteiger partial charge in [-0.05, 0) is 44.0 Å². The van der Waals surface area contributed by atoms with Crippen molar-refractivity contribution in [3.63, 3.8) is 0 Å². The van der Waals surface area contributed by atoms with Gasteiger partial charge in [0.05, 0.1) is 6.61 Å². The van der Waals surface area contributed by atoms with Gasteiger partial charge in [-0.25, -0.2) is 9.78 Å². The number of ether oxygens (including phenoxy) is 1. The Morgan fingerprint density at radius 2 is 1.96 bits per heavy atom. The van der Waals surface area contributed by atoms with Crippen molar-refractivity contribution in [2.45, 2.75) is 20.8 Å². The largest absolute Gasteiger partial charge is 0.450 e. The first-order valence-corrected chi connectivity index (χ1v) is 8.91. The molecule has 0 saturated carbocycles. The molecule has 1 aromatic heterocycles. The van der Waals surface area contributed by atoms with Gasteiger partial charge in [0.2, 0.25) is 5.95 Å². The summed E-state index contributed by atoms with van der Waals surface area (Å²) >= 11 is 0. The second-order valence-corrected chi connectivity index (χ2v) is 6.35. The lowest BCUT2D eigenvalue weighted by Gasteiger charge is -2.34. The molecular weight excluding hydrogens is 330 g/mol. The van der Waals surface area contributed by atoms with Gasteiger partial charge in [-0.1, -0.05) is 12.1 Å². The zero-order valence-corrected chi connectivity index (χ0v) is 15.5. The fourth-order valence-electron chi connectivity index (χ4n) is 2.91. The van der Waals surface area contributed by atoms with Crippen LogP contribution in [0, 0.1) is 13.8 Å². The van der Waals surface area contributed by atoms with E-state index >= 15 is 0 Å². The Labute approximate surface area is 154 Å². The first kappa shape index (κ1) is 18.0. The van der Waals surface area contributed by atoms with E-state index in [2.05, 4.69) is 52.2 Å². The molecule has 1 amide bonds. The molecule has 1 aliphatic rings. The van der Waals surface area contributed by atoms with Gasteiger partial charge in [0, 0.05) is 38.1 Å². The lowest BCUT2D eigenvalue weighted by molar-refractivity contribution is 0.105. The molecule has 1 saturated heterocycles. The van der Waals surface area contributed by atoms with E-state index in [0.717, 1.165) is 30.2 Å². The van der Waals surface area contributed by atoms with Crippen LogP contribution in [0.5, 0.6) is 0 Å². The summed E-state index contributed by atoms with van der Waals surface area (Å²) in [5.74, 6) is 1.43. The van der Waals surface area contributed by atoms with E-state index in [-0.39, 0.29) is 6.09 Å². The Hall–Kier alpha value is -2.83. The van der Waals surface area contributed by atoms with E-state index in [9.17, 15) is 4.79 Å². The number of benzene rings is 1. The average Bonchev–Trinajstić information content (AvgIpc) is 2.65. The number of hydrogen-bond acceptors (Lipinski definition) is 6. The van der Waals surface area contributed by atoms with E-state index in [1.54, 1.807) is 11.1 Å². The summed E-state index contributed by atoms with van der Waals surface area (Å²) in [5.41, 5.74) is 3.34. The van der Waals surface area contributed by atoms with Crippen LogP contribution in [-0.4, -0.2) is 53.7 Å². The van der Waals surface area contributed by atoms with E-state index in [4.69, 9.17) is 4.74 Å². The van der Waals surface area contributed by atoms with E-state index in [0.29, 0.717) is 25.6 Å². The van der Waals surface area contributed by atoms with Crippen LogP contribution in [0.15, 0.2) is 30.5 Å². The van der Waals surface area contributed by atoms with Crippen molar-refractivity contribution < 1.29 is 9.53 Å². The number of carbonyl (C=O) groups excluding carboxylic acids is 1. The Morgan fingerprint density at radius 1 is 1.19 bits per heavy atom. The molecule has 138 valence electrons. The second-order valence-electron chi connectivity index (χ2n) is 6.35. The van der Waals surface area contributed by atoms with Crippen molar-refractivity contribution in [3.8, 4) is 0 Å². The molecule has 26 heavy (non-hydrogen) atoms. The highest BCUT2D eigenvalue weighted by molar-refractivity contribution is 5.68. The number of aromatic nitrogens is 2. The molecule has 3 rings (SSSR count). The summed E-state index contributed by atoms with van der Waals surface area (Å²) < 4.78 is 5.06. The third kappa shape index (κ3) is 4.22. The third-order valence-corrected chi connectivity index (χ3v) is 4.41. The number of carbonyl (C=O) groups is 1. The SMILES string of the molecule is CCOC(=O)N1CCN(c2ccnc(Nc3cc(C)ccc3C)n2)CC1. The number of nitrogens with one attached hydrogen (secondary N) is 1. The predicted molar refractivity (Wildman–Crippen MR) is 102 cm³/mol. The number of piperazine rings is 1. The van der Waals surface area contributed by atoms with Gasteiger partial charge in [-0.3, -0.25) is 0 Å². The summed E-state index contributed by atoms with van der Waals surface area (Å²) in [6.45, 7) is 9.03. The minimum atomic E-state index is -0.243. The molecule has 0 aliphatic carbocycles. The molecule has 1 aromatic carbocycles. The van der Waals surface area contributed by atoms with Crippen LogP contribution in [0.1, 0.15) is 18.1 Å². The summed E-state index contributed by atoms with van der Waals surface area (Å²) in [6, 6.07) is 8.15. The van der Waals surface area contributed by atoms with Crippen molar-refractivity contribution in [3.05, 3.63) is 41.6 Å². The Morgan fingerprint density at radius 3 is 2.69 bits per heavy atom. The number of nitrogens with zero attached hydrogens (tertiary/aromatic N) is 4. The monoisotopic (exact) mass is 355 g/mol. The van der Waals surface area contributed by atoms with Crippen molar-refractivity contribution in [2.75, 3.05) is 43.0 Å². The maximum absolute atomic E-state index is 11.8. The molecule has 0 atom stereocenters. The topological polar surface area (TPSA) is 70.6 Å². The summed E-state index contributed by atoms with van der Waals surface area (Å²) in [4.78, 5) is 24.7. The van der Waals surface area contributed by atoms with Crippen molar-refractivity contribution in [2.24, 2.45) is 0 Å². The van der Waals surface area contributed by atoms with Crippen LogP contribution in [0.25, 0.3) is 0 Å². The number of rotatable bonds is 4. The summed E-state index contributed by atoms with van der Waals surface area (Å²) in [7, 11) is 0. The molecule has 2 heterocycles. The second kappa shape index (κ2) is 8.03. The van der Waals surface area contributed by atoms with Crippen molar-refractivity contribution >= 4 is 23.5 Å². The van der Waals surface area contributed by atoms with E-state index in [1.807, 2.05) is 13.0 Å². The molecule has 2 aromatic rings. The molecule has 1 aliphatic heterocycles. The lowest BCUT2D eigenvalue weighted by atomic mass is 10.1. The molecule has 7 heteroatoms. The van der Waals surface area contributed by atoms with E-state index in [1.165, 1.54) is 5.56 Å². The Balaban J connectivity index is 1.66. The highest BCUT2D eigenvalue weighted by Gasteiger charge is 2.22. The maximum atomic E-state index is 11.8. The third-order valence-electron chi connectivity index (χ3n) is 4.41. The smallest absolute Gasteiger partial charge is 0.409 e. The first-order valence-electron chi connectivity index (χ1n) is 8.91. The fraction of sp³-hybridized carbons (Fsp3) is 0.421. The Kier molecular flexibility index (Phi) is 5.55. The minimum absolute atomic E-state index is 0.243. The minimum Gasteiger partial charge on any atom is -0.450 e. The molecule has 7 nitrogen and oxygen atoms in total. The number of hydrogen-bond donors (Lipinski definition) is 1. The molecule has 1 N–H and O–H groups in total. The van der Waals surface area contributed by atoms with Crippen LogP contribution >= 0.6 is 0 Å². The first-order chi connectivity index (χ1) is 12.6. The molecule has 1 fully saturated rings. The molecule has 0 spiro atoms. The number of aryl methyl sites for hydroxylation is 2. The quantitative estimate of drug-likeness (QED) is 0.909.